The third-order valence-electron chi connectivity index (χ3n) is 2.25. The fourth-order valence-electron chi connectivity index (χ4n) is 1.49. The zero-order chi connectivity index (χ0) is 12.3. The molecule has 0 unspecified atom stereocenters. The first kappa shape index (κ1) is 11.4. The van der Waals surface area contributed by atoms with Crippen LogP contribution in [0, 0.1) is 0 Å². The summed E-state index contributed by atoms with van der Waals surface area (Å²) >= 11 is 0. The summed E-state index contributed by atoms with van der Waals surface area (Å²) in [5.74, 6) is -0.363. The van der Waals surface area contributed by atoms with Crippen molar-refractivity contribution in [1.29, 1.82) is 0 Å². The van der Waals surface area contributed by atoms with Gasteiger partial charge in [-0.2, -0.15) is 10.2 Å². The highest BCUT2D eigenvalue weighted by Crippen LogP contribution is 2.04. The average Bonchev–Trinajstić information content (AvgIpc) is 2.89. The number of carbonyl (C=O) groups is 1. The van der Waals surface area contributed by atoms with Crippen molar-refractivity contribution < 1.29 is 9.53 Å². The third kappa shape index (κ3) is 2.93. The Labute approximate surface area is 98.8 Å². The molecule has 0 spiro atoms. The molecule has 1 atom stereocenters. The monoisotopic (exact) mass is 234 g/mol. The number of esters is 1. The molecule has 0 saturated heterocycles. The molecule has 2 aromatic heterocycles. The number of rotatable bonds is 4. The summed E-state index contributed by atoms with van der Waals surface area (Å²) in [4.78, 5) is 11.7. The number of hydrogen-bond acceptors (Lipinski definition) is 4. The Morgan fingerprint density at radius 1 is 1.53 bits per heavy atom. The quantitative estimate of drug-likeness (QED) is 0.736. The summed E-state index contributed by atoms with van der Waals surface area (Å²) in [5, 5.41) is 7.97. The minimum absolute atomic E-state index is 0.234. The van der Waals surface area contributed by atoms with Crippen molar-refractivity contribution in [3.63, 3.8) is 0 Å². The Morgan fingerprint density at radius 3 is 2.94 bits per heavy atom. The van der Waals surface area contributed by atoms with Crippen molar-refractivity contribution in [3.05, 3.63) is 36.4 Å². The van der Waals surface area contributed by atoms with E-state index in [1.54, 1.807) is 28.8 Å². The predicted molar refractivity (Wildman–Crippen MR) is 60.3 cm³/mol. The molecule has 2 aromatic rings. The lowest BCUT2D eigenvalue weighted by atomic mass is 10.3. The first-order valence-corrected chi connectivity index (χ1v) is 5.32. The van der Waals surface area contributed by atoms with Crippen LogP contribution in [0.4, 0.5) is 0 Å². The number of nitrogens with zero attached hydrogens (tertiary/aromatic N) is 4. The average molecular weight is 234 g/mol. The van der Waals surface area contributed by atoms with Gasteiger partial charge in [-0.15, -0.1) is 0 Å². The Morgan fingerprint density at radius 2 is 2.35 bits per heavy atom. The fourth-order valence-corrected chi connectivity index (χ4v) is 1.49. The minimum Gasteiger partial charge on any atom is -0.457 e. The molecule has 0 amide bonds. The predicted octanol–water partition coefficient (Wildman–Crippen LogP) is 0.862. The SMILES string of the molecule is C[C@@H](Cn1cccn1)OC(=O)c1cnn(C)c1. The lowest BCUT2D eigenvalue weighted by molar-refractivity contribution is 0.0299. The van der Waals surface area contributed by atoms with Gasteiger partial charge in [0, 0.05) is 25.6 Å². The molecule has 90 valence electrons. The third-order valence-corrected chi connectivity index (χ3v) is 2.25. The van der Waals surface area contributed by atoms with Crippen molar-refractivity contribution in [2.24, 2.45) is 7.05 Å². The molecule has 6 nitrogen and oxygen atoms in total. The molecule has 17 heavy (non-hydrogen) atoms. The molecule has 0 radical (unpaired) electrons. The molecule has 0 aromatic carbocycles. The van der Waals surface area contributed by atoms with Crippen LogP contribution in [-0.4, -0.2) is 31.6 Å². The molecule has 2 rings (SSSR count). The first-order chi connectivity index (χ1) is 8.15. The second kappa shape index (κ2) is 4.82. The number of hydrogen-bond donors (Lipinski definition) is 0. The van der Waals surface area contributed by atoms with Crippen LogP contribution in [-0.2, 0) is 18.3 Å². The second-order valence-corrected chi connectivity index (χ2v) is 3.85. The first-order valence-electron chi connectivity index (χ1n) is 5.32. The minimum atomic E-state index is -0.363. The van der Waals surface area contributed by atoms with E-state index in [1.165, 1.54) is 6.20 Å². The topological polar surface area (TPSA) is 61.9 Å². The molecule has 6 heteroatoms. The molecule has 0 fully saturated rings. The van der Waals surface area contributed by atoms with Gasteiger partial charge in [0.2, 0.25) is 0 Å². The molecule has 0 saturated carbocycles. The molecule has 0 aliphatic heterocycles. The van der Waals surface area contributed by atoms with Crippen molar-refractivity contribution in [2.75, 3.05) is 0 Å². The summed E-state index contributed by atoms with van der Waals surface area (Å²) < 4.78 is 8.56. The molecular formula is C11H14N4O2. The van der Waals surface area contributed by atoms with Gasteiger partial charge >= 0.3 is 5.97 Å². The zero-order valence-electron chi connectivity index (χ0n) is 9.78. The highest BCUT2D eigenvalue weighted by molar-refractivity contribution is 5.88. The lowest BCUT2D eigenvalue weighted by Crippen LogP contribution is -2.20. The van der Waals surface area contributed by atoms with Gasteiger partial charge in [0.1, 0.15) is 6.10 Å². The summed E-state index contributed by atoms with van der Waals surface area (Å²) in [6, 6.07) is 1.83. The van der Waals surface area contributed by atoms with E-state index in [0.717, 1.165) is 0 Å². The Balaban J connectivity index is 1.90. The summed E-state index contributed by atoms with van der Waals surface area (Å²) in [7, 11) is 1.75. The summed E-state index contributed by atoms with van der Waals surface area (Å²) in [6.07, 6.45) is 6.40. The van der Waals surface area contributed by atoms with Crippen LogP contribution >= 0.6 is 0 Å². The van der Waals surface area contributed by atoms with Crippen LogP contribution < -0.4 is 0 Å². The van der Waals surface area contributed by atoms with Crippen LogP contribution in [0.15, 0.2) is 30.9 Å². The standard InChI is InChI=1S/C11H14N4O2/c1-9(7-15-5-3-4-12-15)17-11(16)10-6-13-14(2)8-10/h3-6,8-9H,7H2,1-2H3/t9-/m0/s1. The van der Waals surface area contributed by atoms with Gasteiger partial charge in [-0.3, -0.25) is 9.36 Å². The van der Waals surface area contributed by atoms with Crippen LogP contribution in [0.25, 0.3) is 0 Å². The van der Waals surface area contributed by atoms with Gasteiger partial charge in [0.05, 0.1) is 18.3 Å². The normalized spacial score (nSPS) is 12.4. The van der Waals surface area contributed by atoms with Gasteiger partial charge in [-0.25, -0.2) is 4.79 Å². The van der Waals surface area contributed by atoms with Crippen molar-refractivity contribution >= 4 is 5.97 Å². The van der Waals surface area contributed by atoms with E-state index >= 15 is 0 Å². The molecule has 2 heterocycles. The summed E-state index contributed by atoms with van der Waals surface area (Å²) in [6.45, 7) is 2.37. The number of aryl methyl sites for hydroxylation is 1. The van der Waals surface area contributed by atoms with Crippen LogP contribution in [0.2, 0.25) is 0 Å². The maximum Gasteiger partial charge on any atom is 0.341 e. The van der Waals surface area contributed by atoms with E-state index in [1.807, 2.05) is 19.2 Å². The van der Waals surface area contributed by atoms with E-state index in [0.29, 0.717) is 12.1 Å². The molecule has 0 aliphatic rings. The molecule has 0 aliphatic carbocycles. The van der Waals surface area contributed by atoms with Crippen molar-refractivity contribution in [3.8, 4) is 0 Å². The fraction of sp³-hybridized carbons (Fsp3) is 0.364. The molecule has 0 bridgehead atoms. The highest BCUT2D eigenvalue weighted by atomic mass is 16.5. The smallest absolute Gasteiger partial charge is 0.341 e. The number of aromatic nitrogens is 4. The number of carbonyl (C=O) groups excluding carboxylic acids is 1. The highest BCUT2D eigenvalue weighted by Gasteiger charge is 2.13. The zero-order valence-corrected chi connectivity index (χ0v) is 9.78. The van der Waals surface area contributed by atoms with Gasteiger partial charge in [0.25, 0.3) is 0 Å². The van der Waals surface area contributed by atoms with Gasteiger partial charge in [-0.05, 0) is 13.0 Å². The maximum atomic E-state index is 11.7. The van der Waals surface area contributed by atoms with Gasteiger partial charge in [-0.1, -0.05) is 0 Å². The molecular weight excluding hydrogens is 220 g/mol. The van der Waals surface area contributed by atoms with E-state index in [9.17, 15) is 4.79 Å². The van der Waals surface area contributed by atoms with Gasteiger partial charge < -0.3 is 4.74 Å². The summed E-state index contributed by atoms with van der Waals surface area (Å²) in [5.41, 5.74) is 0.458. The van der Waals surface area contributed by atoms with Crippen molar-refractivity contribution in [2.45, 2.75) is 19.6 Å². The van der Waals surface area contributed by atoms with E-state index in [-0.39, 0.29) is 12.1 Å². The number of ether oxygens (including phenoxy) is 1. The lowest BCUT2D eigenvalue weighted by Gasteiger charge is -2.12. The Bertz CT molecular complexity index is 489. The Hall–Kier alpha value is -2.11. The van der Waals surface area contributed by atoms with Crippen molar-refractivity contribution in [1.82, 2.24) is 19.6 Å². The largest absolute Gasteiger partial charge is 0.457 e. The van der Waals surface area contributed by atoms with Crippen LogP contribution in [0.3, 0.4) is 0 Å². The van der Waals surface area contributed by atoms with Crippen LogP contribution in [0.1, 0.15) is 17.3 Å². The maximum absolute atomic E-state index is 11.7. The van der Waals surface area contributed by atoms with E-state index in [4.69, 9.17) is 4.74 Å². The van der Waals surface area contributed by atoms with Gasteiger partial charge in [0.15, 0.2) is 0 Å². The van der Waals surface area contributed by atoms with E-state index < -0.39 is 0 Å². The molecule has 0 N–H and O–H groups in total. The van der Waals surface area contributed by atoms with E-state index in [2.05, 4.69) is 10.2 Å². The van der Waals surface area contributed by atoms with Crippen LogP contribution in [0.5, 0.6) is 0 Å². The second-order valence-electron chi connectivity index (χ2n) is 3.85. The Kier molecular flexibility index (Phi) is 3.22.